The number of hydrogen-bond acceptors (Lipinski definition) is 2. The van der Waals surface area contributed by atoms with Crippen LogP contribution in [0, 0.1) is 12.7 Å². The van der Waals surface area contributed by atoms with Crippen LogP contribution in [-0.2, 0) is 15.0 Å². The van der Waals surface area contributed by atoms with Crippen molar-refractivity contribution in [3.63, 3.8) is 0 Å². The predicted octanol–water partition coefficient (Wildman–Crippen LogP) is 5.72. The first-order valence-electron chi connectivity index (χ1n) is 10.7. The summed E-state index contributed by atoms with van der Waals surface area (Å²) in [5.41, 5.74) is 2.44. The van der Waals surface area contributed by atoms with E-state index >= 15 is 0 Å². The molecule has 3 aromatic rings. The lowest BCUT2D eigenvalue weighted by molar-refractivity contribution is -0.123. The summed E-state index contributed by atoms with van der Waals surface area (Å²) in [6.45, 7) is 2.11. The van der Waals surface area contributed by atoms with E-state index in [0.29, 0.717) is 21.3 Å². The van der Waals surface area contributed by atoms with Crippen LogP contribution in [0.1, 0.15) is 40.5 Å². The molecule has 1 spiro atoms. The molecule has 1 unspecified atom stereocenters. The quantitative estimate of drug-likeness (QED) is 0.490. The highest BCUT2D eigenvalue weighted by molar-refractivity contribution is 6.31. The van der Waals surface area contributed by atoms with Crippen molar-refractivity contribution >= 4 is 40.7 Å². The Morgan fingerprint density at radius 2 is 1.76 bits per heavy atom. The molecule has 4 nitrogen and oxygen atoms in total. The number of rotatable bonds is 2. The van der Waals surface area contributed by atoms with E-state index in [9.17, 15) is 14.0 Å². The predicted molar refractivity (Wildman–Crippen MR) is 127 cm³/mol. The number of carbonyl (C=O) groups excluding carboxylic acids is 2. The maximum Gasteiger partial charge on any atom is 0.236 e. The fraction of sp³-hybridized carbons (Fsp3) is 0.231. The number of halogens is 3. The average Bonchev–Trinajstić information content (AvgIpc) is 2.95. The van der Waals surface area contributed by atoms with Crippen LogP contribution in [0.4, 0.5) is 10.1 Å². The van der Waals surface area contributed by atoms with Crippen molar-refractivity contribution in [2.75, 3.05) is 11.9 Å². The zero-order valence-corrected chi connectivity index (χ0v) is 19.3. The van der Waals surface area contributed by atoms with Crippen molar-refractivity contribution in [2.24, 2.45) is 0 Å². The molecule has 0 aliphatic carbocycles. The highest BCUT2D eigenvalue weighted by Crippen LogP contribution is 2.57. The maximum atomic E-state index is 14.5. The Morgan fingerprint density at radius 3 is 2.55 bits per heavy atom. The lowest BCUT2D eigenvalue weighted by Crippen LogP contribution is -2.47. The fourth-order valence-corrected chi connectivity index (χ4v) is 5.88. The first kappa shape index (κ1) is 21.9. The molecule has 1 fully saturated rings. The van der Waals surface area contributed by atoms with Crippen molar-refractivity contribution < 1.29 is 14.0 Å². The van der Waals surface area contributed by atoms with Crippen LogP contribution in [0.25, 0.3) is 0 Å². The summed E-state index contributed by atoms with van der Waals surface area (Å²) >= 11 is 12.6. The molecule has 0 radical (unpaired) electrons. The van der Waals surface area contributed by atoms with E-state index < -0.39 is 23.1 Å². The van der Waals surface area contributed by atoms with Gasteiger partial charge in [0.05, 0.1) is 5.41 Å². The topological polar surface area (TPSA) is 58.2 Å². The van der Waals surface area contributed by atoms with E-state index in [0.717, 1.165) is 16.7 Å². The molecule has 0 saturated carbocycles. The number of anilines is 1. The first-order chi connectivity index (χ1) is 15.8. The summed E-state index contributed by atoms with van der Waals surface area (Å²) in [5.74, 6) is -1.90. The van der Waals surface area contributed by atoms with Gasteiger partial charge in [0.1, 0.15) is 5.82 Å². The zero-order valence-electron chi connectivity index (χ0n) is 17.8. The molecule has 33 heavy (non-hydrogen) atoms. The number of amides is 2. The Labute approximate surface area is 201 Å². The minimum Gasteiger partial charge on any atom is -0.355 e. The molecule has 3 aromatic carbocycles. The van der Waals surface area contributed by atoms with Gasteiger partial charge in [-0.15, -0.1) is 0 Å². The van der Waals surface area contributed by atoms with Crippen LogP contribution in [0.3, 0.4) is 0 Å². The summed E-state index contributed by atoms with van der Waals surface area (Å²) in [6.07, 6.45) is 0.0385. The fourth-order valence-electron chi connectivity index (χ4n) is 5.50. The molecule has 2 aliphatic heterocycles. The molecule has 168 valence electrons. The molecule has 7 heteroatoms. The number of hydrogen-bond donors (Lipinski definition) is 2. The SMILES string of the molecule is Cc1ccc(F)cc1C1CC(=O)NC[C@@H](c2cccc(Cl)c2)[C@]12C(=O)Nc1cc(Cl)ccc12. The normalized spacial score (nSPS) is 24.2. The van der Waals surface area contributed by atoms with Gasteiger partial charge >= 0.3 is 0 Å². The molecule has 2 N–H and O–H groups in total. The molecule has 1 saturated heterocycles. The van der Waals surface area contributed by atoms with Crippen molar-refractivity contribution in [3.05, 3.63) is 98.8 Å². The average molecular weight is 483 g/mol. The molecule has 3 atom stereocenters. The number of nitrogens with one attached hydrogen (secondary N) is 2. The molecule has 2 amide bonds. The van der Waals surface area contributed by atoms with Gasteiger partial charge in [0.2, 0.25) is 11.8 Å². The third kappa shape index (κ3) is 3.51. The highest BCUT2D eigenvalue weighted by Gasteiger charge is 2.59. The van der Waals surface area contributed by atoms with Crippen molar-refractivity contribution in [3.8, 4) is 0 Å². The van der Waals surface area contributed by atoms with Crippen LogP contribution < -0.4 is 10.6 Å². The molecular formula is C26H21Cl2FN2O2. The Hall–Kier alpha value is -2.89. The van der Waals surface area contributed by atoms with Crippen LogP contribution in [0.2, 0.25) is 10.0 Å². The van der Waals surface area contributed by atoms with Gasteiger partial charge in [-0.3, -0.25) is 9.59 Å². The van der Waals surface area contributed by atoms with E-state index in [2.05, 4.69) is 10.6 Å². The van der Waals surface area contributed by atoms with E-state index in [4.69, 9.17) is 23.2 Å². The smallest absolute Gasteiger partial charge is 0.236 e. The summed E-state index contributed by atoms with van der Waals surface area (Å²) < 4.78 is 14.5. The van der Waals surface area contributed by atoms with Crippen LogP contribution >= 0.6 is 23.2 Å². The Balaban J connectivity index is 1.85. The standard InChI is InChI=1S/C26H21Cl2FN2O2/c1-14-5-7-18(29)11-19(14)21-12-24(32)30-13-22(15-3-2-4-16(27)9-15)26(21)20-8-6-17(28)10-23(20)31-25(26)33/h2-11,21-22H,12-13H2,1H3,(H,30,32)(H,31,33)/t21?,22-,26+/m0/s1. The molecule has 5 rings (SSSR count). The molecule has 0 bridgehead atoms. The monoisotopic (exact) mass is 482 g/mol. The molecule has 2 heterocycles. The van der Waals surface area contributed by atoms with E-state index in [-0.39, 0.29) is 24.8 Å². The molecule has 2 aliphatic rings. The van der Waals surface area contributed by atoms with Crippen LogP contribution in [0.5, 0.6) is 0 Å². The zero-order chi connectivity index (χ0) is 23.3. The van der Waals surface area contributed by atoms with Crippen molar-refractivity contribution in [2.45, 2.75) is 30.6 Å². The molecule has 0 aromatic heterocycles. The largest absolute Gasteiger partial charge is 0.355 e. The third-order valence-electron chi connectivity index (χ3n) is 6.91. The second kappa shape index (κ2) is 8.15. The summed E-state index contributed by atoms with van der Waals surface area (Å²) in [5, 5.41) is 7.00. The minimum absolute atomic E-state index is 0.0385. The lowest BCUT2D eigenvalue weighted by atomic mass is 9.58. The van der Waals surface area contributed by atoms with Gasteiger partial charge in [-0.05, 0) is 65.6 Å². The Bertz CT molecular complexity index is 1300. The van der Waals surface area contributed by atoms with Crippen LogP contribution in [0.15, 0.2) is 60.7 Å². The van der Waals surface area contributed by atoms with Gasteiger partial charge in [-0.2, -0.15) is 0 Å². The van der Waals surface area contributed by atoms with Gasteiger partial charge in [0.25, 0.3) is 0 Å². The number of fused-ring (bicyclic) bond motifs is 2. The molecular weight excluding hydrogens is 462 g/mol. The third-order valence-corrected chi connectivity index (χ3v) is 7.38. The highest BCUT2D eigenvalue weighted by atomic mass is 35.5. The van der Waals surface area contributed by atoms with Gasteiger partial charge in [-0.1, -0.05) is 47.5 Å². The number of carbonyl (C=O) groups is 2. The Morgan fingerprint density at radius 1 is 0.970 bits per heavy atom. The van der Waals surface area contributed by atoms with Crippen molar-refractivity contribution in [1.29, 1.82) is 0 Å². The number of aryl methyl sites for hydroxylation is 1. The van der Waals surface area contributed by atoms with E-state index in [1.165, 1.54) is 12.1 Å². The summed E-state index contributed by atoms with van der Waals surface area (Å²) in [6, 6.07) is 17.1. The summed E-state index contributed by atoms with van der Waals surface area (Å²) in [7, 11) is 0. The second-order valence-corrected chi connectivity index (χ2v) is 9.56. The lowest BCUT2D eigenvalue weighted by Gasteiger charge is -2.41. The van der Waals surface area contributed by atoms with Gasteiger partial charge in [-0.25, -0.2) is 4.39 Å². The minimum atomic E-state index is -1.18. The van der Waals surface area contributed by atoms with E-state index in [1.807, 2.05) is 31.2 Å². The van der Waals surface area contributed by atoms with Crippen LogP contribution in [-0.4, -0.2) is 18.4 Å². The van der Waals surface area contributed by atoms with Gasteiger partial charge in [0.15, 0.2) is 0 Å². The van der Waals surface area contributed by atoms with E-state index in [1.54, 1.807) is 24.3 Å². The maximum absolute atomic E-state index is 14.5. The Kier molecular flexibility index (Phi) is 5.42. The van der Waals surface area contributed by atoms with Gasteiger partial charge in [0, 0.05) is 40.5 Å². The summed E-state index contributed by atoms with van der Waals surface area (Å²) in [4.78, 5) is 26.9. The first-order valence-corrected chi connectivity index (χ1v) is 11.5. The van der Waals surface area contributed by atoms with Crippen molar-refractivity contribution in [1.82, 2.24) is 5.32 Å². The number of benzene rings is 3. The second-order valence-electron chi connectivity index (χ2n) is 8.68. The van der Waals surface area contributed by atoms with Gasteiger partial charge < -0.3 is 10.6 Å².